The molecule has 0 saturated carbocycles. The lowest BCUT2D eigenvalue weighted by atomic mass is 10.1. The highest BCUT2D eigenvalue weighted by Crippen LogP contribution is 2.36. The molecule has 0 fully saturated rings. The largest absolute Gasteiger partial charge is 0.485 e. The molecule has 2 aromatic carbocycles. The van der Waals surface area contributed by atoms with Crippen LogP contribution in [-0.2, 0) is 18.0 Å². The number of para-hydroxylation sites is 3. The van der Waals surface area contributed by atoms with Crippen molar-refractivity contribution in [3.63, 3.8) is 0 Å². The fourth-order valence-corrected chi connectivity index (χ4v) is 3.75. The monoisotopic (exact) mass is 450 g/mol. The Morgan fingerprint density at radius 1 is 1.16 bits per heavy atom. The van der Waals surface area contributed by atoms with Crippen LogP contribution in [0.1, 0.15) is 17.5 Å². The maximum Gasteiger partial charge on any atom is 0.418 e. The van der Waals surface area contributed by atoms with E-state index in [-0.39, 0.29) is 18.0 Å². The molecule has 31 heavy (non-hydrogen) atoms. The van der Waals surface area contributed by atoms with Crippen molar-refractivity contribution in [2.45, 2.75) is 17.4 Å². The van der Waals surface area contributed by atoms with E-state index in [4.69, 9.17) is 9.47 Å². The minimum atomic E-state index is -4.56. The molecule has 0 saturated heterocycles. The van der Waals surface area contributed by atoms with Gasteiger partial charge >= 0.3 is 6.18 Å². The fourth-order valence-electron chi connectivity index (χ4n) is 3.03. The van der Waals surface area contributed by atoms with Crippen molar-refractivity contribution in [3.8, 4) is 11.5 Å². The van der Waals surface area contributed by atoms with Gasteiger partial charge in [0.1, 0.15) is 6.61 Å². The Morgan fingerprint density at radius 2 is 1.87 bits per heavy atom. The fraction of sp³-hybridized carbons (Fsp3) is 0.250. The first-order valence-electron chi connectivity index (χ1n) is 9.19. The van der Waals surface area contributed by atoms with Crippen molar-refractivity contribution in [2.75, 3.05) is 17.7 Å². The predicted molar refractivity (Wildman–Crippen MR) is 107 cm³/mol. The first-order valence-corrected chi connectivity index (χ1v) is 10.2. The second kappa shape index (κ2) is 8.50. The molecular formula is C20H17F3N4O3S. The topological polar surface area (TPSA) is 78.3 Å². The number of amides is 1. The van der Waals surface area contributed by atoms with Crippen molar-refractivity contribution in [1.82, 2.24) is 14.8 Å². The van der Waals surface area contributed by atoms with E-state index in [1.54, 1.807) is 23.7 Å². The minimum Gasteiger partial charge on any atom is -0.485 e. The lowest BCUT2D eigenvalue weighted by Crippen LogP contribution is -2.24. The number of alkyl halides is 3. The molecule has 1 aliphatic heterocycles. The summed E-state index contributed by atoms with van der Waals surface area (Å²) in [6.07, 6.45) is -5.04. The standard InChI is InChI=1S/C20H17F3N4O3S/c1-27-18(16-10-29-14-8-4-5-9-15(14)30-16)25-26-19(27)31-11-17(28)24-13-7-3-2-6-12(13)20(21,22)23/h2-9,16H,10-11H2,1H3,(H,24,28). The molecule has 0 aliphatic carbocycles. The van der Waals surface area contributed by atoms with Crippen LogP contribution in [0.25, 0.3) is 0 Å². The normalized spacial score (nSPS) is 15.5. The Bertz CT molecular complexity index is 1100. The summed E-state index contributed by atoms with van der Waals surface area (Å²) < 4.78 is 52.5. The Hall–Kier alpha value is -3.21. The Kier molecular flexibility index (Phi) is 5.77. The molecule has 3 aromatic rings. The number of carbonyl (C=O) groups is 1. The van der Waals surface area contributed by atoms with Gasteiger partial charge in [0.25, 0.3) is 0 Å². The Morgan fingerprint density at radius 3 is 2.65 bits per heavy atom. The molecule has 1 unspecified atom stereocenters. The van der Waals surface area contributed by atoms with Gasteiger partial charge in [-0.15, -0.1) is 10.2 Å². The SMILES string of the molecule is Cn1c(SCC(=O)Nc2ccccc2C(F)(F)F)nnc1C1COc2ccccc2O1. The molecule has 2 heterocycles. The molecule has 1 aromatic heterocycles. The summed E-state index contributed by atoms with van der Waals surface area (Å²) in [7, 11) is 1.72. The molecule has 0 radical (unpaired) electrons. The van der Waals surface area contributed by atoms with Crippen molar-refractivity contribution in [1.29, 1.82) is 0 Å². The van der Waals surface area contributed by atoms with Crippen molar-refractivity contribution >= 4 is 23.4 Å². The second-order valence-corrected chi connectivity index (χ2v) is 7.59. The number of nitrogens with one attached hydrogen (secondary N) is 1. The molecule has 11 heteroatoms. The first kappa shape index (κ1) is 21.0. The van der Waals surface area contributed by atoms with Crippen LogP contribution in [0.2, 0.25) is 0 Å². The van der Waals surface area contributed by atoms with Crippen LogP contribution in [-0.4, -0.2) is 33.0 Å². The number of hydrogen-bond acceptors (Lipinski definition) is 6. The van der Waals surface area contributed by atoms with Gasteiger partial charge in [-0.05, 0) is 24.3 Å². The van der Waals surface area contributed by atoms with Crippen LogP contribution in [0, 0.1) is 0 Å². The van der Waals surface area contributed by atoms with Gasteiger partial charge in [0, 0.05) is 7.05 Å². The van der Waals surface area contributed by atoms with E-state index in [1.165, 1.54) is 18.2 Å². The van der Waals surface area contributed by atoms with E-state index in [0.29, 0.717) is 22.5 Å². The third kappa shape index (κ3) is 4.61. The zero-order chi connectivity index (χ0) is 22.0. The number of anilines is 1. The van der Waals surface area contributed by atoms with Gasteiger partial charge < -0.3 is 19.4 Å². The highest BCUT2D eigenvalue weighted by molar-refractivity contribution is 7.99. The summed E-state index contributed by atoms with van der Waals surface area (Å²) in [4.78, 5) is 12.2. The highest BCUT2D eigenvalue weighted by Gasteiger charge is 2.33. The number of carbonyl (C=O) groups excluding carboxylic acids is 1. The van der Waals surface area contributed by atoms with Gasteiger partial charge in [-0.25, -0.2) is 0 Å². The Balaban J connectivity index is 1.40. The number of ether oxygens (including phenoxy) is 2. The number of thioether (sulfide) groups is 1. The number of hydrogen-bond donors (Lipinski definition) is 1. The zero-order valence-corrected chi connectivity index (χ0v) is 17.0. The second-order valence-electron chi connectivity index (χ2n) is 6.64. The maximum absolute atomic E-state index is 13.1. The molecule has 162 valence electrons. The zero-order valence-electron chi connectivity index (χ0n) is 16.2. The molecule has 1 aliphatic rings. The van der Waals surface area contributed by atoms with Gasteiger partial charge in [0.05, 0.1) is 17.0 Å². The van der Waals surface area contributed by atoms with Crippen LogP contribution in [0.4, 0.5) is 18.9 Å². The smallest absolute Gasteiger partial charge is 0.418 e. The molecule has 0 bridgehead atoms. The van der Waals surface area contributed by atoms with Crippen molar-refractivity contribution in [3.05, 3.63) is 59.9 Å². The van der Waals surface area contributed by atoms with E-state index < -0.39 is 23.8 Å². The van der Waals surface area contributed by atoms with Gasteiger partial charge in [-0.2, -0.15) is 13.2 Å². The number of fused-ring (bicyclic) bond motifs is 1. The van der Waals surface area contributed by atoms with Crippen LogP contribution < -0.4 is 14.8 Å². The lowest BCUT2D eigenvalue weighted by Gasteiger charge is -2.25. The first-order chi connectivity index (χ1) is 14.8. The van der Waals surface area contributed by atoms with Crippen LogP contribution in [0.15, 0.2) is 53.7 Å². The molecule has 1 atom stereocenters. The highest BCUT2D eigenvalue weighted by atomic mass is 32.2. The summed E-state index contributed by atoms with van der Waals surface area (Å²) >= 11 is 1.06. The van der Waals surface area contributed by atoms with E-state index in [0.717, 1.165) is 17.8 Å². The number of nitrogens with zero attached hydrogens (tertiary/aromatic N) is 3. The summed E-state index contributed by atoms with van der Waals surface area (Å²) in [5.41, 5.74) is -1.19. The van der Waals surface area contributed by atoms with Gasteiger partial charge in [-0.3, -0.25) is 4.79 Å². The van der Waals surface area contributed by atoms with E-state index >= 15 is 0 Å². The molecule has 4 rings (SSSR count). The molecular weight excluding hydrogens is 433 g/mol. The quantitative estimate of drug-likeness (QED) is 0.591. The van der Waals surface area contributed by atoms with Gasteiger partial charge in [-0.1, -0.05) is 36.0 Å². The predicted octanol–water partition coefficient (Wildman–Crippen LogP) is 4.08. The van der Waals surface area contributed by atoms with E-state index in [2.05, 4.69) is 15.5 Å². The van der Waals surface area contributed by atoms with E-state index in [9.17, 15) is 18.0 Å². The van der Waals surface area contributed by atoms with Crippen molar-refractivity contribution in [2.24, 2.45) is 7.05 Å². The maximum atomic E-state index is 13.1. The number of benzene rings is 2. The minimum absolute atomic E-state index is 0.136. The third-order valence-corrected chi connectivity index (χ3v) is 5.52. The van der Waals surface area contributed by atoms with Crippen LogP contribution >= 0.6 is 11.8 Å². The molecule has 1 N–H and O–H groups in total. The average molecular weight is 450 g/mol. The van der Waals surface area contributed by atoms with E-state index in [1.807, 2.05) is 12.1 Å². The number of aromatic nitrogens is 3. The summed E-state index contributed by atoms with van der Waals surface area (Å²) in [6, 6.07) is 12.1. The summed E-state index contributed by atoms with van der Waals surface area (Å²) in [6.45, 7) is 0.252. The molecule has 0 spiro atoms. The number of halogens is 3. The molecule has 1 amide bonds. The lowest BCUT2D eigenvalue weighted by molar-refractivity contribution is -0.137. The van der Waals surface area contributed by atoms with Gasteiger partial charge in [0.15, 0.2) is 28.6 Å². The Labute approximate surface area is 179 Å². The molecule has 7 nitrogen and oxygen atoms in total. The van der Waals surface area contributed by atoms with Crippen LogP contribution in [0.5, 0.6) is 11.5 Å². The summed E-state index contributed by atoms with van der Waals surface area (Å²) in [5, 5.41) is 10.9. The average Bonchev–Trinajstić information content (AvgIpc) is 3.12. The summed E-state index contributed by atoms with van der Waals surface area (Å²) in [5.74, 6) is 1.03. The van der Waals surface area contributed by atoms with Crippen LogP contribution in [0.3, 0.4) is 0 Å². The number of rotatable bonds is 5. The van der Waals surface area contributed by atoms with Gasteiger partial charge in [0.2, 0.25) is 5.91 Å². The third-order valence-electron chi connectivity index (χ3n) is 4.50. The van der Waals surface area contributed by atoms with Crippen molar-refractivity contribution < 1.29 is 27.4 Å².